The van der Waals surface area contributed by atoms with Crippen molar-refractivity contribution in [3.05, 3.63) is 56.7 Å². The Kier molecular flexibility index (Phi) is 3.17. The van der Waals surface area contributed by atoms with Crippen molar-refractivity contribution in [3.63, 3.8) is 0 Å². The van der Waals surface area contributed by atoms with E-state index >= 15 is 0 Å². The molecule has 0 saturated heterocycles. The van der Waals surface area contributed by atoms with Gasteiger partial charge in [-0.2, -0.15) is 5.26 Å². The van der Waals surface area contributed by atoms with E-state index in [1.807, 2.05) is 0 Å². The van der Waals surface area contributed by atoms with E-state index in [1.165, 1.54) is 24.3 Å². The Bertz CT molecular complexity index is 696. The topological polar surface area (TPSA) is 56.6 Å². The summed E-state index contributed by atoms with van der Waals surface area (Å²) in [7, 11) is 0. The standard InChI is InChI=1S/C13H8ClFN2O/c1-7-5-8(9(6-16)13(18)17-7)12-10(14)3-2-4-11(12)15/h2-5H,1H3,(H,17,18). The van der Waals surface area contributed by atoms with Crippen LogP contribution in [0.3, 0.4) is 0 Å². The highest BCUT2D eigenvalue weighted by molar-refractivity contribution is 6.33. The van der Waals surface area contributed by atoms with Gasteiger partial charge in [-0.25, -0.2) is 4.39 Å². The average molecular weight is 263 g/mol. The Hall–Kier alpha value is -2.12. The lowest BCUT2D eigenvalue weighted by Crippen LogP contribution is -2.13. The molecule has 1 aromatic carbocycles. The fraction of sp³-hybridized carbons (Fsp3) is 0.0769. The second kappa shape index (κ2) is 4.63. The van der Waals surface area contributed by atoms with Crippen molar-refractivity contribution < 1.29 is 4.39 Å². The van der Waals surface area contributed by atoms with E-state index in [4.69, 9.17) is 16.9 Å². The van der Waals surface area contributed by atoms with E-state index in [9.17, 15) is 9.18 Å². The van der Waals surface area contributed by atoms with Crippen LogP contribution in [-0.2, 0) is 0 Å². The van der Waals surface area contributed by atoms with E-state index in [2.05, 4.69) is 4.98 Å². The van der Waals surface area contributed by atoms with Crippen molar-refractivity contribution in [3.8, 4) is 17.2 Å². The van der Waals surface area contributed by atoms with Crippen molar-refractivity contribution >= 4 is 11.6 Å². The first kappa shape index (κ1) is 12.3. The summed E-state index contributed by atoms with van der Waals surface area (Å²) < 4.78 is 13.8. The SMILES string of the molecule is Cc1cc(-c2c(F)cccc2Cl)c(C#N)c(=O)[nH]1. The van der Waals surface area contributed by atoms with Crippen LogP contribution < -0.4 is 5.56 Å². The number of aryl methyl sites for hydroxylation is 1. The fourth-order valence-electron chi connectivity index (χ4n) is 1.75. The first-order chi connectivity index (χ1) is 8.54. The Labute approximate surface area is 107 Å². The third-order valence-corrected chi connectivity index (χ3v) is 2.83. The molecule has 0 aliphatic rings. The molecule has 5 heteroatoms. The number of nitrogens with one attached hydrogen (secondary N) is 1. The first-order valence-corrected chi connectivity index (χ1v) is 5.51. The van der Waals surface area contributed by atoms with Gasteiger partial charge in [0.25, 0.3) is 5.56 Å². The van der Waals surface area contributed by atoms with E-state index in [0.717, 1.165) is 0 Å². The maximum atomic E-state index is 13.8. The zero-order valence-corrected chi connectivity index (χ0v) is 10.2. The number of hydrogen-bond acceptors (Lipinski definition) is 2. The zero-order chi connectivity index (χ0) is 13.3. The van der Waals surface area contributed by atoms with Crippen molar-refractivity contribution in [1.82, 2.24) is 4.98 Å². The summed E-state index contributed by atoms with van der Waals surface area (Å²) in [6.45, 7) is 1.65. The van der Waals surface area contributed by atoms with Gasteiger partial charge in [-0.05, 0) is 25.1 Å². The maximum absolute atomic E-state index is 13.8. The number of nitrogens with zero attached hydrogens (tertiary/aromatic N) is 1. The predicted molar refractivity (Wildman–Crippen MR) is 66.9 cm³/mol. The molecule has 0 atom stereocenters. The van der Waals surface area contributed by atoms with Crippen molar-refractivity contribution in [2.24, 2.45) is 0 Å². The van der Waals surface area contributed by atoms with Gasteiger partial charge in [0.1, 0.15) is 17.4 Å². The molecule has 0 saturated carbocycles. The Balaban J connectivity index is 2.88. The van der Waals surface area contributed by atoms with Crippen LogP contribution in [-0.4, -0.2) is 4.98 Å². The van der Waals surface area contributed by atoms with Crippen molar-refractivity contribution in [1.29, 1.82) is 5.26 Å². The molecule has 0 spiro atoms. The Morgan fingerprint density at radius 2 is 2.17 bits per heavy atom. The molecule has 90 valence electrons. The molecule has 1 heterocycles. The highest BCUT2D eigenvalue weighted by Crippen LogP contribution is 2.31. The zero-order valence-electron chi connectivity index (χ0n) is 9.42. The van der Waals surface area contributed by atoms with Crippen LogP contribution in [0.25, 0.3) is 11.1 Å². The van der Waals surface area contributed by atoms with Gasteiger partial charge in [0.2, 0.25) is 0 Å². The molecular formula is C13H8ClFN2O. The van der Waals surface area contributed by atoms with E-state index in [0.29, 0.717) is 5.69 Å². The van der Waals surface area contributed by atoms with Crippen LogP contribution in [0.1, 0.15) is 11.3 Å². The fourth-order valence-corrected chi connectivity index (χ4v) is 2.02. The molecule has 0 amide bonds. The number of halogens is 2. The second-order valence-corrected chi connectivity index (χ2v) is 4.19. The summed E-state index contributed by atoms with van der Waals surface area (Å²) in [6.07, 6.45) is 0. The number of pyridine rings is 1. The lowest BCUT2D eigenvalue weighted by molar-refractivity contribution is 0.631. The molecule has 1 N–H and O–H groups in total. The summed E-state index contributed by atoms with van der Waals surface area (Å²) in [5.41, 5.74) is 0.125. The van der Waals surface area contributed by atoms with Gasteiger partial charge >= 0.3 is 0 Å². The van der Waals surface area contributed by atoms with Gasteiger partial charge in [0.15, 0.2) is 0 Å². The summed E-state index contributed by atoms with van der Waals surface area (Å²) in [4.78, 5) is 14.1. The van der Waals surface area contributed by atoms with Crippen LogP contribution in [0.2, 0.25) is 5.02 Å². The largest absolute Gasteiger partial charge is 0.325 e. The quantitative estimate of drug-likeness (QED) is 0.859. The molecule has 1 aromatic heterocycles. The number of nitriles is 1. The third-order valence-electron chi connectivity index (χ3n) is 2.51. The van der Waals surface area contributed by atoms with Crippen LogP contribution in [0, 0.1) is 24.1 Å². The Morgan fingerprint density at radius 3 is 2.78 bits per heavy atom. The number of aromatic amines is 1. The predicted octanol–water partition coefficient (Wildman–Crippen LogP) is 3.01. The van der Waals surface area contributed by atoms with Gasteiger partial charge in [0, 0.05) is 16.8 Å². The van der Waals surface area contributed by atoms with E-state index < -0.39 is 11.4 Å². The van der Waals surface area contributed by atoms with Gasteiger partial charge in [-0.3, -0.25) is 4.79 Å². The monoisotopic (exact) mass is 262 g/mol. The number of aromatic nitrogens is 1. The minimum Gasteiger partial charge on any atom is -0.325 e. The van der Waals surface area contributed by atoms with E-state index in [-0.39, 0.29) is 21.7 Å². The van der Waals surface area contributed by atoms with Crippen LogP contribution in [0.15, 0.2) is 29.1 Å². The molecular weight excluding hydrogens is 255 g/mol. The molecule has 2 rings (SSSR count). The van der Waals surface area contributed by atoms with Gasteiger partial charge in [0.05, 0.1) is 5.02 Å². The second-order valence-electron chi connectivity index (χ2n) is 3.78. The van der Waals surface area contributed by atoms with Gasteiger partial charge < -0.3 is 4.98 Å². The van der Waals surface area contributed by atoms with Crippen molar-refractivity contribution in [2.45, 2.75) is 6.92 Å². The molecule has 18 heavy (non-hydrogen) atoms. The summed E-state index contributed by atoms with van der Waals surface area (Å²) >= 11 is 5.94. The molecule has 3 nitrogen and oxygen atoms in total. The van der Waals surface area contributed by atoms with Gasteiger partial charge in [-0.1, -0.05) is 17.7 Å². The van der Waals surface area contributed by atoms with Crippen LogP contribution in [0.5, 0.6) is 0 Å². The highest BCUT2D eigenvalue weighted by Gasteiger charge is 2.16. The highest BCUT2D eigenvalue weighted by atomic mass is 35.5. The summed E-state index contributed by atoms with van der Waals surface area (Å²) in [6, 6.07) is 7.52. The number of rotatable bonds is 1. The summed E-state index contributed by atoms with van der Waals surface area (Å²) in [5, 5.41) is 9.16. The number of H-pyrrole nitrogens is 1. The smallest absolute Gasteiger partial charge is 0.266 e. The molecule has 0 unspecified atom stereocenters. The maximum Gasteiger partial charge on any atom is 0.266 e. The molecule has 0 aliphatic heterocycles. The van der Waals surface area contributed by atoms with Crippen LogP contribution in [0.4, 0.5) is 4.39 Å². The number of benzene rings is 1. The normalized spacial score (nSPS) is 10.1. The van der Waals surface area contributed by atoms with Gasteiger partial charge in [-0.15, -0.1) is 0 Å². The van der Waals surface area contributed by atoms with Crippen molar-refractivity contribution in [2.75, 3.05) is 0 Å². The third kappa shape index (κ3) is 2.01. The molecule has 0 fully saturated rings. The molecule has 0 bridgehead atoms. The molecule has 0 radical (unpaired) electrons. The van der Waals surface area contributed by atoms with Crippen LogP contribution >= 0.6 is 11.6 Å². The number of hydrogen-bond donors (Lipinski definition) is 1. The average Bonchev–Trinajstić information content (AvgIpc) is 2.28. The summed E-state index contributed by atoms with van der Waals surface area (Å²) in [5.74, 6) is -0.566. The lowest BCUT2D eigenvalue weighted by atomic mass is 10.0. The molecule has 2 aromatic rings. The minimum absolute atomic E-state index is 0.0740. The molecule has 0 aliphatic carbocycles. The lowest BCUT2D eigenvalue weighted by Gasteiger charge is -2.08. The first-order valence-electron chi connectivity index (χ1n) is 5.13. The Morgan fingerprint density at radius 1 is 1.44 bits per heavy atom. The minimum atomic E-state index is -0.566. The van der Waals surface area contributed by atoms with E-state index in [1.54, 1.807) is 13.0 Å².